The topological polar surface area (TPSA) is 71.7 Å². The molecular formula is C17H22N4O3. The Morgan fingerprint density at radius 2 is 2.08 bits per heavy atom. The molecule has 1 atom stereocenters. The van der Waals surface area contributed by atoms with Crippen LogP contribution < -0.4 is 4.90 Å². The zero-order valence-electron chi connectivity index (χ0n) is 14.2. The van der Waals surface area contributed by atoms with Crippen LogP contribution in [0.15, 0.2) is 28.8 Å². The fraction of sp³-hybridized carbons (Fsp3) is 0.471. The van der Waals surface area contributed by atoms with Crippen LogP contribution in [0, 0.1) is 6.92 Å². The SMILES string of the molecule is COC(=O)c1ccc(N2CCN(Cc3nc(C)no3)C(C)C2)cc1. The molecular weight excluding hydrogens is 308 g/mol. The number of benzene rings is 1. The van der Waals surface area contributed by atoms with Crippen molar-refractivity contribution in [3.05, 3.63) is 41.5 Å². The monoisotopic (exact) mass is 330 g/mol. The third-order valence-electron chi connectivity index (χ3n) is 4.33. The highest BCUT2D eigenvalue weighted by atomic mass is 16.5. The smallest absolute Gasteiger partial charge is 0.337 e. The minimum atomic E-state index is -0.311. The second-order valence-electron chi connectivity index (χ2n) is 6.04. The summed E-state index contributed by atoms with van der Waals surface area (Å²) in [5.41, 5.74) is 1.68. The molecule has 0 saturated carbocycles. The molecule has 3 rings (SSSR count). The van der Waals surface area contributed by atoms with Gasteiger partial charge in [0.1, 0.15) is 0 Å². The number of esters is 1. The Labute approximate surface area is 141 Å². The number of rotatable bonds is 4. The van der Waals surface area contributed by atoms with E-state index >= 15 is 0 Å². The Morgan fingerprint density at radius 3 is 2.67 bits per heavy atom. The van der Waals surface area contributed by atoms with E-state index in [1.165, 1.54) is 7.11 Å². The number of carbonyl (C=O) groups excluding carboxylic acids is 1. The standard InChI is InChI=1S/C17H22N4O3/c1-12-10-21(15-6-4-14(5-7-15)17(22)23-3)9-8-20(12)11-16-18-13(2)19-24-16/h4-7,12H,8-11H2,1-3H3. The number of piperazine rings is 1. The number of nitrogens with zero attached hydrogens (tertiary/aromatic N) is 4. The van der Waals surface area contributed by atoms with Gasteiger partial charge in [0.2, 0.25) is 5.89 Å². The molecule has 0 amide bonds. The van der Waals surface area contributed by atoms with Gasteiger partial charge in [-0.25, -0.2) is 4.79 Å². The van der Waals surface area contributed by atoms with Crippen LogP contribution in [0.25, 0.3) is 0 Å². The lowest BCUT2D eigenvalue weighted by molar-refractivity contribution is 0.0600. The van der Waals surface area contributed by atoms with E-state index in [2.05, 4.69) is 26.9 Å². The van der Waals surface area contributed by atoms with Crippen molar-refractivity contribution in [2.24, 2.45) is 0 Å². The summed E-state index contributed by atoms with van der Waals surface area (Å²) in [4.78, 5) is 20.4. The summed E-state index contributed by atoms with van der Waals surface area (Å²) in [7, 11) is 1.39. The third-order valence-corrected chi connectivity index (χ3v) is 4.33. The fourth-order valence-corrected chi connectivity index (χ4v) is 2.97. The lowest BCUT2D eigenvalue weighted by Crippen LogP contribution is -2.51. The van der Waals surface area contributed by atoms with Gasteiger partial charge in [-0.1, -0.05) is 5.16 Å². The average Bonchev–Trinajstić information content (AvgIpc) is 3.01. The molecule has 1 aliphatic heterocycles. The van der Waals surface area contributed by atoms with Gasteiger partial charge in [0.15, 0.2) is 5.82 Å². The summed E-state index contributed by atoms with van der Waals surface area (Å²) in [6.45, 7) is 7.43. The number of hydrogen-bond donors (Lipinski definition) is 0. The molecule has 1 unspecified atom stereocenters. The van der Waals surface area contributed by atoms with Gasteiger partial charge in [0, 0.05) is 31.4 Å². The van der Waals surface area contributed by atoms with Crippen molar-refractivity contribution in [2.75, 3.05) is 31.6 Å². The maximum absolute atomic E-state index is 11.5. The van der Waals surface area contributed by atoms with Gasteiger partial charge < -0.3 is 14.2 Å². The van der Waals surface area contributed by atoms with Crippen molar-refractivity contribution in [3.63, 3.8) is 0 Å². The number of carbonyl (C=O) groups is 1. The van der Waals surface area contributed by atoms with Crippen LogP contribution in [0.1, 0.15) is 29.0 Å². The largest absolute Gasteiger partial charge is 0.465 e. The number of aryl methyl sites for hydroxylation is 1. The molecule has 0 aliphatic carbocycles. The molecule has 0 spiro atoms. The van der Waals surface area contributed by atoms with E-state index in [9.17, 15) is 4.79 Å². The van der Waals surface area contributed by atoms with E-state index in [4.69, 9.17) is 9.26 Å². The Morgan fingerprint density at radius 1 is 1.33 bits per heavy atom. The highest BCUT2D eigenvalue weighted by Crippen LogP contribution is 2.21. The van der Waals surface area contributed by atoms with Crippen LogP contribution in [0.3, 0.4) is 0 Å². The van der Waals surface area contributed by atoms with Crippen LogP contribution in [0.5, 0.6) is 0 Å². The highest BCUT2D eigenvalue weighted by Gasteiger charge is 2.25. The first-order valence-electron chi connectivity index (χ1n) is 8.03. The highest BCUT2D eigenvalue weighted by molar-refractivity contribution is 5.89. The molecule has 0 radical (unpaired) electrons. The van der Waals surface area contributed by atoms with Crippen molar-refractivity contribution in [1.29, 1.82) is 0 Å². The molecule has 1 aliphatic rings. The van der Waals surface area contributed by atoms with Crippen molar-refractivity contribution >= 4 is 11.7 Å². The van der Waals surface area contributed by atoms with Gasteiger partial charge in [-0.15, -0.1) is 0 Å². The summed E-state index contributed by atoms with van der Waals surface area (Å²) in [5.74, 6) is 1.02. The van der Waals surface area contributed by atoms with Gasteiger partial charge in [-0.3, -0.25) is 4.90 Å². The van der Waals surface area contributed by atoms with Crippen molar-refractivity contribution < 1.29 is 14.1 Å². The van der Waals surface area contributed by atoms with E-state index < -0.39 is 0 Å². The molecule has 128 valence electrons. The van der Waals surface area contributed by atoms with Crippen LogP contribution in [0.4, 0.5) is 5.69 Å². The predicted octanol–water partition coefficient (Wildman–Crippen LogP) is 1.88. The molecule has 7 nitrogen and oxygen atoms in total. The Kier molecular flexibility index (Phi) is 4.80. The van der Waals surface area contributed by atoms with Gasteiger partial charge in [0.25, 0.3) is 0 Å². The average molecular weight is 330 g/mol. The van der Waals surface area contributed by atoms with Gasteiger partial charge in [-0.05, 0) is 38.1 Å². The number of hydrogen-bond acceptors (Lipinski definition) is 7. The lowest BCUT2D eigenvalue weighted by atomic mass is 10.1. The zero-order valence-corrected chi connectivity index (χ0v) is 14.2. The van der Waals surface area contributed by atoms with Crippen molar-refractivity contribution in [1.82, 2.24) is 15.0 Å². The summed E-state index contributed by atoms with van der Waals surface area (Å²) in [6, 6.07) is 7.91. The Hall–Kier alpha value is -2.41. The molecule has 0 N–H and O–H groups in total. The van der Waals surface area contributed by atoms with E-state index in [-0.39, 0.29) is 5.97 Å². The second kappa shape index (κ2) is 7.00. The molecule has 1 saturated heterocycles. The van der Waals surface area contributed by atoms with Gasteiger partial charge >= 0.3 is 5.97 Å². The summed E-state index contributed by atoms with van der Waals surface area (Å²) in [5, 5.41) is 3.84. The minimum Gasteiger partial charge on any atom is -0.465 e. The van der Waals surface area contributed by atoms with E-state index in [1.54, 1.807) is 12.1 Å². The van der Waals surface area contributed by atoms with Crippen LogP contribution in [0.2, 0.25) is 0 Å². The maximum atomic E-state index is 11.5. The first-order valence-corrected chi connectivity index (χ1v) is 8.03. The Bertz CT molecular complexity index is 698. The first kappa shape index (κ1) is 16.4. The summed E-state index contributed by atoms with van der Waals surface area (Å²) >= 11 is 0. The molecule has 2 heterocycles. The molecule has 1 fully saturated rings. The number of methoxy groups -OCH3 is 1. The number of ether oxygens (including phenoxy) is 1. The van der Waals surface area contributed by atoms with Crippen LogP contribution in [-0.2, 0) is 11.3 Å². The molecule has 24 heavy (non-hydrogen) atoms. The predicted molar refractivity (Wildman–Crippen MR) is 88.9 cm³/mol. The Balaban J connectivity index is 1.61. The fourth-order valence-electron chi connectivity index (χ4n) is 2.97. The van der Waals surface area contributed by atoms with E-state index in [1.807, 2.05) is 19.1 Å². The molecule has 2 aromatic rings. The molecule has 1 aromatic carbocycles. The first-order chi connectivity index (χ1) is 11.6. The van der Waals surface area contributed by atoms with E-state index in [0.29, 0.717) is 29.9 Å². The normalized spacial score (nSPS) is 18.6. The van der Waals surface area contributed by atoms with Crippen molar-refractivity contribution in [2.45, 2.75) is 26.4 Å². The van der Waals surface area contributed by atoms with Crippen molar-refractivity contribution in [3.8, 4) is 0 Å². The zero-order chi connectivity index (χ0) is 17.1. The number of anilines is 1. The summed E-state index contributed by atoms with van der Waals surface area (Å²) in [6.07, 6.45) is 0. The quantitative estimate of drug-likeness (QED) is 0.793. The second-order valence-corrected chi connectivity index (χ2v) is 6.04. The van der Waals surface area contributed by atoms with E-state index in [0.717, 1.165) is 25.3 Å². The summed E-state index contributed by atoms with van der Waals surface area (Å²) < 4.78 is 9.94. The maximum Gasteiger partial charge on any atom is 0.337 e. The van der Waals surface area contributed by atoms with Gasteiger partial charge in [-0.2, -0.15) is 4.98 Å². The van der Waals surface area contributed by atoms with Crippen LogP contribution in [-0.4, -0.2) is 53.8 Å². The van der Waals surface area contributed by atoms with Crippen LogP contribution >= 0.6 is 0 Å². The molecule has 7 heteroatoms. The lowest BCUT2D eigenvalue weighted by Gasteiger charge is -2.40. The van der Waals surface area contributed by atoms with Gasteiger partial charge in [0.05, 0.1) is 19.2 Å². The minimum absolute atomic E-state index is 0.311. The molecule has 0 bridgehead atoms. The third kappa shape index (κ3) is 3.56. The molecule has 1 aromatic heterocycles. The number of aromatic nitrogens is 2.